The number of hydrogen-bond acceptors (Lipinski definition) is 1. The number of benzene rings is 2. The van der Waals surface area contributed by atoms with Crippen molar-refractivity contribution in [2.75, 3.05) is 0 Å². The molecule has 0 aliphatic carbocycles. The summed E-state index contributed by atoms with van der Waals surface area (Å²) in [5.41, 5.74) is 4.14. The second-order valence-electron chi connectivity index (χ2n) is 4.50. The normalized spacial score (nSPS) is 12.8. The van der Waals surface area contributed by atoms with Crippen molar-refractivity contribution in [3.05, 3.63) is 60.2 Å². The standard InChI is InChI=1S/C16H15NO/c1-11(18)15-13-9-5-6-10-14(13)17-16(15)12-7-3-2-4-8-12/h2-11,17-18H,1H3/t11-/m1/s1. The number of rotatable bonds is 2. The summed E-state index contributed by atoms with van der Waals surface area (Å²) in [7, 11) is 0. The van der Waals surface area contributed by atoms with Crippen molar-refractivity contribution in [1.29, 1.82) is 0 Å². The van der Waals surface area contributed by atoms with E-state index in [9.17, 15) is 5.11 Å². The van der Waals surface area contributed by atoms with E-state index in [2.05, 4.69) is 17.1 Å². The molecule has 90 valence electrons. The van der Waals surface area contributed by atoms with E-state index >= 15 is 0 Å². The third kappa shape index (κ3) is 1.71. The van der Waals surface area contributed by atoms with Crippen LogP contribution >= 0.6 is 0 Å². The average molecular weight is 237 g/mol. The van der Waals surface area contributed by atoms with Crippen molar-refractivity contribution < 1.29 is 5.11 Å². The number of nitrogens with one attached hydrogen (secondary N) is 1. The summed E-state index contributed by atoms with van der Waals surface area (Å²) in [6.45, 7) is 1.81. The molecule has 1 atom stereocenters. The van der Waals surface area contributed by atoms with Crippen LogP contribution in [0.4, 0.5) is 0 Å². The largest absolute Gasteiger partial charge is 0.389 e. The van der Waals surface area contributed by atoms with Gasteiger partial charge in [0, 0.05) is 16.5 Å². The molecule has 2 heteroatoms. The lowest BCUT2D eigenvalue weighted by atomic mass is 10.0. The molecule has 2 nitrogen and oxygen atoms in total. The van der Waals surface area contributed by atoms with Gasteiger partial charge < -0.3 is 10.1 Å². The highest BCUT2D eigenvalue weighted by molar-refractivity contribution is 5.91. The van der Waals surface area contributed by atoms with E-state index in [1.807, 2.05) is 49.4 Å². The van der Waals surface area contributed by atoms with Gasteiger partial charge in [-0.25, -0.2) is 0 Å². The van der Waals surface area contributed by atoms with Crippen LogP contribution in [0.15, 0.2) is 54.6 Å². The van der Waals surface area contributed by atoms with Crippen LogP contribution in [0, 0.1) is 0 Å². The van der Waals surface area contributed by atoms with Crippen LogP contribution < -0.4 is 0 Å². The number of hydrogen-bond donors (Lipinski definition) is 2. The lowest BCUT2D eigenvalue weighted by Gasteiger charge is -2.07. The Bertz CT molecular complexity index is 668. The molecule has 0 fully saturated rings. The van der Waals surface area contributed by atoms with Gasteiger partial charge in [-0.15, -0.1) is 0 Å². The fraction of sp³-hybridized carbons (Fsp3) is 0.125. The van der Waals surface area contributed by atoms with Gasteiger partial charge in [-0.3, -0.25) is 0 Å². The Kier molecular flexibility index (Phi) is 2.65. The van der Waals surface area contributed by atoms with Gasteiger partial charge >= 0.3 is 0 Å². The number of aliphatic hydroxyl groups excluding tert-OH is 1. The van der Waals surface area contributed by atoms with Crippen molar-refractivity contribution in [2.24, 2.45) is 0 Å². The lowest BCUT2D eigenvalue weighted by Crippen LogP contribution is -1.92. The van der Waals surface area contributed by atoms with Gasteiger partial charge in [0.2, 0.25) is 0 Å². The monoisotopic (exact) mass is 237 g/mol. The first kappa shape index (κ1) is 11.1. The number of fused-ring (bicyclic) bond motifs is 1. The van der Waals surface area contributed by atoms with Crippen molar-refractivity contribution in [2.45, 2.75) is 13.0 Å². The van der Waals surface area contributed by atoms with Crippen molar-refractivity contribution in [3.8, 4) is 11.3 Å². The average Bonchev–Trinajstić information content (AvgIpc) is 2.79. The molecule has 0 saturated carbocycles. The van der Waals surface area contributed by atoms with Gasteiger partial charge in [-0.2, -0.15) is 0 Å². The third-order valence-corrected chi connectivity index (χ3v) is 3.23. The summed E-state index contributed by atoms with van der Waals surface area (Å²) in [6, 6.07) is 18.2. The van der Waals surface area contributed by atoms with Gasteiger partial charge in [0.05, 0.1) is 11.8 Å². The second-order valence-corrected chi connectivity index (χ2v) is 4.50. The molecule has 0 saturated heterocycles. The number of para-hydroxylation sites is 1. The molecule has 0 bridgehead atoms. The molecule has 3 rings (SSSR count). The van der Waals surface area contributed by atoms with Gasteiger partial charge in [-0.1, -0.05) is 48.5 Å². The van der Waals surface area contributed by atoms with E-state index < -0.39 is 6.10 Å². The molecule has 0 spiro atoms. The maximum Gasteiger partial charge on any atom is 0.0788 e. The Balaban J connectivity index is 2.32. The third-order valence-electron chi connectivity index (χ3n) is 3.23. The van der Waals surface area contributed by atoms with Crippen LogP contribution in [0.3, 0.4) is 0 Å². The summed E-state index contributed by atoms with van der Waals surface area (Å²) >= 11 is 0. The minimum atomic E-state index is -0.489. The van der Waals surface area contributed by atoms with E-state index in [0.29, 0.717) is 0 Å². The Labute approximate surface area is 106 Å². The SMILES string of the molecule is C[C@@H](O)c1c(-c2ccccc2)[nH]c2ccccc12. The topological polar surface area (TPSA) is 36.0 Å². The molecule has 0 amide bonds. The predicted molar refractivity (Wildman–Crippen MR) is 74.4 cm³/mol. The van der Waals surface area contributed by atoms with Crippen LogP contribution in [-0.2, 0) is 0 Å². The number of aromatic amines is 1. The number of H-pyrrole nitrogens is 1. The fourth-order valence-corrected chi connectivity index (χ4v) is 2.43. The van der Waals surface area contributed by atoms with Crippen LogP contribution in [0.25, 0.3) is 22.2 Å². The zero-order chi connectivity index (χ0) is 12.5. The van der Waals surface area contributed by atoms with Crippen LogP contribution in [0.1, 0.15) is 18.6 Å². The van der Waals surface area contributed by atoms with Gasteiger partial charge in [-0.05, 0) is 18.6 Å². The molecule has 1 aromatic heterocycles. The van der Waals surface area contributed by atoms with Gasteiger partial charge in [0.25, 0.3) is 0 Å². The van der Waals surface area contributed by atoms with E-state index in [1.54, 1.807) is 0 Å². The van der Waals surface area contributed by atoms with Gasteiger partial charge in [0.15, 0.2) is 0 Å². The fourth-order valence-electron chi connectivity index (χ4n) is 2.43. The Hall–Kier alpha value is -2.06. The molecule has 1 heterocycles. The number of aliphatic hydroxyl groups is 1. The Morgan fingerprint density at radius 2 is 1.61 bits per heavy atom. The molecular formula is C16H15NO. The summed E-state index contributed by atoms with van der Waals surface area (Å²) in [6.07, 6.45) is -0.489. The maximum atomic E-state index is 10.0. The molecule has 0 unspecified atom stereocenters. The molecule has 3 aromatic rings. The highest BCUT2D eigenvalue weighted by atomic mass is 16.3. The molecule has 2 aromatic carbocycles. The Morgan fingerprint density at radius 3 is 2.33 bits per heavy atom. The van der Waals surface area contributed by atoms with E-state index in [1.165, 1.54) is 0 Å². The van der Waals surface area contributed by atoms with E-state index in [-0.39, 0.29) is 0 Å². The van der Waals surface area contributed by atoms with E-state index in [0.717, 1.165) is 27.7 Å². The molecule has 0 aliphatic rings. The summed E-state index contributed by atoms with van der Waals surface area (Å²) in [5.74, 6) is 0. The van der Waals surface area contributed by atoms with Gasteiger partial charge in [0.1, 0.15) is 0 Å². The maximum absolute atomic E-state index is 10.0. The highest BCUT2D eigenvalue weighted by Crippen LogP contribution is 2.34. The van der Waals surface area contributed by atoms with Crippen molar-refractivity contribution in [3.63, 3.8) is 0 Å². The first-order valence-electron chi connectivity index (χ1n) is 6.11. The lowest BCUT2D eigenvalue weighted by molar-refractivity contribution is 0.201. The highest BCUT2D eigenvalue weighted by Gasteiger charge is 2.16. The molecular weight excluding hydrogens is 222 g/mol. The summed E-state index contributed by atoms with van der Waals surface area (Å²) < 4.78 is 0. The van der Waals surface area contributed by atoms with Crippen LogP contribution in [-0.4, -0.2) is 10.1 Å². The summed E-state index contributed by atoms with van der Waals surface area (Å²) in [4.78, 5) is 3.40. The zero-order valence-corrected chi connectivity index (χ0v) is 10.2. The summed E-state index contributed by atoms with van der Waals surface area (Å²) in [5, 5.41) is 11.1. The van der Waals surface area contributed by atoms with Crippen molar-refractivity contribution >= 4 is 10.9 Å². The molecule has 18 heavy (non-hydrogen) atoms. The first-order valence-corrected chi connectivity index (χ1v) is 6.11. The number of aromatic nitrogens is 1. The second kappa shape index (κ2) is 4.31. The van der Waals surface area contributed by atoms with Crippen LogP contribution in [0.2, 0.25) is 0 Å². The van der Waals surface area contributed by atoms with Crippen molar-refractivity contribution in [1.82, 2.24) is 4.98 Å². The van der Waals surface area contributed by atoms with E-state index in [4.69, 9.17) is 0 Å². The molecule has 2 N–H and O–H groups in total. The predicted octanol–water partition coefficient (Wildman–Crippen LogP) is 3.89. The molecule has 0 radical (unpaired) electrons. The first-order chi connectivity index (χ1) is 8.77. The quantitative estimate of drug-likeness (QED) is 0.697. The molecule has 0 aliphatic heterocycles. The minimum Gasteiger partial charge on any atom is -0.389 e. The van der Waals surface area contributed by atoms with Crippen LogP contribution in [0.5, 0.6) is 0 Å². The zero-order valence-electron chi connectivity index (χ0n) is 10.2. The minimum absolute atomic E-state index is 0.489. The Morgan fingerprint density at radius 1 is 0.944 bits per heavy atom. The smallest absolute Gasteiger partial charge is 0.0788 e.